The van der Waals surface area contributed by atoms with E-state index in [-0.39, 0.29) is 16.9 Å². The Morgan fingerprint density at radius 3 is 1.82 bits per heavy atom. The molecule has 2 rings (SSSR count). The summed E-state index contributed by atoms with van der Waals surface area (Å²) in [7, 11) is 1.98. The summed E-state index contributed by atoms with van der Waals surface area (Å²) in [6, 6.07) is 15.3. The van der Waals surface area contributed by atoms with Crippen molar-refractivity contribution in [2.75, 3.05) is 25.2 Å². The first-order chi connectivity index (χ1) is 13.2. The Labute approximate surface area is 176 Å². The van der Waals surface area contributed by atoms with E-state index in [1.165, 1.54) is 0 Å². The first-order valence-electron chi connectivity index (χ1n) is 8.91. The largest absolute Gasteiger partial charge is 0.489 e. The number of ether oxygens (including phenoxy) is 2. The molecule has 0 fully saturated rings. The van der Waals surface area contributed by atoms with Crippen molar-refractivity contribution < 1.29 is 14.3 Å². The average Bonchev–Trinajstić information content (AvgIpc) is 2.65. The highest BCUT2D eigenvalue weighted by Gasteiger charge is 2.21. The lowest BCUT2D eigenvalue weighted by Gasteiger charge is -2.20. The molecule has 0 atom stereocenters. The Morgan fingerprint density at radius 1 is 0.929 bits per heavy atom. The normalized spacial score (nSPS) is 10.9. The maximum absolute atomic E-state index is 12.0. The van der Waals surface area contributed by atoms with Gasteiger partial charge in [-0.3, -0.25) is 4.79 Å². The van der Waals surface area contributed by atoms with Gasteiger partial charge in [0.15, 0.2) is 5.78 Å². The molecule has 6 heteroatoms. The van der Waals surface area contributed by atoms with Gasteiger partial charge in [-0.15, -0.1) is 0 Å². The molecule has 0 aliphatic rings. The van der Waals surface area contributed by atoms with Crippen molar-refractivity contribution in [3.63, 3.8) is 0 Å². The number of nitrogens with zero attached hydrogens (tertiary/aromatic N) is 1. The maximum Gasteiger partial charge on any atom is 0.175 e. The van der Waals surface area contributed by atoms with Crippen molar-refractivity contribution in [3.05, 3.63) is 59.1 Å². The summed E-state index contributed by atoms with van der Waals surface area (Å²) >= 11 is 11.1. The van der Waals surface area contributed by atoms with Gasteiger partial charge in [0.1, 0.15) is 29.2 Å². The van der Waals surface area contributed by atoms with E-state index in [1.54, 1.807) is 6.08 Å². The SMILES string of the molecule is CN(c1ccc(OCC=C(Cl)Cl)cc1)c1ccc(OCC(=O)C(C)(C)C)cc1. The number of anilines is 2. The van der Waals surface area contributed by atoms with Crippen LogP contribution in [0.15, 0.2) is 59.1 Å². The van der Waals surface area contributed by atoms with Crippen LogP contribution < -0.4 is 14.4 Å². The van der Waals surface area contributed by atoms with Gasteiger partial charge in [0.2, 0.25) is 0 Å². The molecule has 0 aliphatic carbocycles. The molecule has 0 radical (unpaired) electrons. The number of benzene rings is 2. The number of Topliss-reactive ketones (excluding diaryl/α,β-unsaturated/α-hetero) is 1. The fourth-order valence-electron chi connectivity index (χ4n) is 2.25. The summed E-state index contributed by atoms with van der Waals surface area (Å²) in [4.78, 5) is 14.0. The zero-order chi connectivity index (χ0) is 20.7. The summed E-state index contributed by atoms with van der Waals surface area (Å²) in [6.45, 7) is 6.05. The van der Waals surface area contributed by atoms with Gasteiger partial charge in [-0.25, -0.2) is 0 Å². The first-order valence-corrected chi connectivity index (χ1v) is 9.66. The zero-order valence-electron chi connectivity index (χ0n) is 16.5. The van der Waals surface area contributed by atoms with Crippen LogP contribution in [0.4, 0.5) is 11.4 Å². The number of ketones is 1. The summed E-state index contributed by atoms with van der Waals surface area (Å²) in [5, 5.41) is 0. The van der Waals surface area contributed by atoms with Crippen LogP contribution in [-0.2, 0) is 4.79 Å². The Morgan fingerprint density at radius 2 is 1.39 bits per heavy atom. The lowest BCUT2D eigenvalue weighted by Crippen LogP contribution is -2.26. The third-order valence-corrected chi connectivity index (χ3v) is 4.45. The highest BCUT2D eigenvalue weighted by Crippen LogP contribution is 2.27. The van der Waals surface area contributed by atoms with E-state index in [2.05, 4.69) is 0 Å². The molecule has 0 saturated heterocycles. The molecule has 2 aromatic carbocycles. The molecule has 0 saturated carbocycles. The lowest BCUT2D eigenvalue weighted by atomic mass is 9.91. The Kier molecular flexibility index (Phi) is 7.78. The monoisotopic (exact) mass is 421 g/mol. The number of rotatable bonds is 8. The van der Waals surface area contributed by atoms with Gasteiger partial charge in [0.05, 0.1) is 0 Å². The number of hydrogen-bond donors (Lipinski definition) is 0. The molecule has 0 aliphatic heterocycles. The standard InChI is InChI=1S/C22H25Cl2NO3/c1-22(2,3)20(26)15-28-19-11-7-17(8-12-19)25(4)16-5-9-18(10-6-16)27-14-13-21(23)24/h5-13H,14-15H2,1-4H3. The molecule has 150 valence electrons. The van der Waals surface area contributed by atoms with Gasteiger partial charge < -0.3 is 14.4 Å². The van der Waals surface area contributed by atoms with Crippen LogP contribution in [0.2, 0.25) is 0 Å². The van der Waals surface area contributed by atoms with Crippen molar-refractivity contribution in [2.24, 2.45) is 5.41 Å². The van der Waals surface area contributed by atoms with Gasteiger partial charge in [-0.05, 0) is 54.6 Å². The van der Waals surface area contributed by atoms with E-state index in [9.17, 15) is 4.79 Å². The predicted octanol–water partition coefficient (Wildman–Crippen LogP) is 6.15. The molecular formula is C22H25Cl2NO3. The number of carbonyl (C=O) groups excluding carboxylic acids is 1. The summed E-state index contributed by atoms with van der Waals surface area (Å²) in [5.41, 5.74) is 1.61. The minimum Gasteiger partial charge on any atom is -0.489 e. The molecule has 4 nitrogen and oxygen atoms in total. The maximum atomic E-state index is 12.0. The van der Waals surface area contributed by atoms with Crippen LogP contribution in [0.5, 0.6) is 11.5 Å². The quantitative estimate of drug-likeness (QED) is 0.512. The molecule has 28 heavy (non-hydrogen) atoms. The van der Waals surface area contributed by atoms with E-state index < -0.39 is 5.41 Å². The van der Waals surface area contributed by atoms with Crippen LogP contribution in [0.3, 0.4) is 0 Å². The lowest BCUT2D eigenvalue weighted by molar-refractivity contribution is -0.128. The minimum absolute atomic E-state index is 0.0693. The summed E-state index contributed by atoms with van der Waals surface area (Å²) in [5.74, 6) is 1.47. The minimum atomic E-state index is -0.400. The van der Waals surface area contributed by atoms with E-state index in [0.717, 1.165) is 17.1 Å². The van der Waals surface area contributed by atoms with Crippen LogP contribution >= 0.6 is 23.2 Å². The van der Waals surface area contributed by atoms with E-state index in [1.807, 2.05) is 81.2 Å². The fraction of sp³-hybridized carbons (Fsp3) is 0.318. The van der Waals surface area contributed by atoms with E-state index >= 15 is 0 Å². The Bertz CT molecular complexity index is 805. The second kappa shape index (κ2) is 9.85. The average molecular weight is 422 g/mol. The second-order valence-corrected chi connectivity index (χ2v) is 8.32. The second-order valence-electron chi connectivity index (χ2n) is 7.31. The molecule has 0 spiro atoms. The van der Waals surface area contributed by atoms with Crippen LogP contribution in [0.1, 0.15) is 20.8 Å². The van der Waals surface area contributed by atoms with Crippen molar-refractivity contribution >= 4 is 40.4 Å². The molecule has 0 N–H and O–H groups in total. The molecule has 0 bridgehead atoms. The van der Waals surface area contributed by atoms with Crippen molar-refractivity contribution in [1.82, 2.24) is 0 Å². The van der Waals surface area contributed by atoms with Crippen LogP contribution in [-0.4, -0.2) is 26.0 Å². The third kappa shape index (κ3) is 6.77. The Hall–Kier alpha value is -2.17. The number of carbonyl (C=O) groups is 1. The van der Waals surface area contributed by atoms with Crippen molar-refractivity contribution in [3.8, 4) is 11.5 Å². The zero-order valence-corrected chi connectivity index (χ0v) is 18.1. The molecule has 0 heterocycles. The molecule has 0 unspecified atom stereocenters. The molecule has 0 amide bonds. The van der Waals surface area contributed by atoms with Gasteiger partial charge in [0, 0.05) is 23.8 Å². The van der Waals surface area contributed by atoms with Crippen molar-refractivity contribution in [2.45, 2.75) is 20.8 Å². The van der Waals surface area contributed by atoms with Gasteiger partial charge in [-0.2, -0.15) is 0 Å². The summed E-state index contributed by atoms with van der Waals surface area (Å²) in [6.07, 6.45) is 1.59. The summed E-state index contributed by atoms with van der Waals surface area (Å²) < 4.78 is 11.3. The molecular weight excluding hydrogens is 397 g/mol. The van der Waals surface area contributed by atoms with Gasteiger partial charge >= 0.3 is 0 Å². The van der Waals surface area contributed by atoms with E-state index in [0.29, 0.717) is 12.4 Å². The third-order valence-electron chi connectivity index (χ3n) is 4.14. The van der Waals surface area contributed by atoms with Crippen LogP contribution in [0.25, 0.3) is 0 Å². The first kappa shape index (κ1) is 22.1. The smallest absolute Gasteiger partial charge is 0.175 e. The fourth-order valence-corrected chi connectivity index (χ4v) is 2.37. The topological polar surface area (TPSA) is 38.8 Å². The van der Waals surface area contributed by atoms with Crippen molar-refractivity contribution in [1.29, 1.82) is 0 Å². The highest BCUT2D eigenvalue weighted by molar-refractivity contribution is 6.55. The Balaban J connectivity index is 1.96. The highest BCUT2D eigenvalue weighted by atomic mass is 35.5. The van der Waals surface area contributed by atoms with Gasteiger partial charge in [0.25, 0.3) is 0 Å². The number of halogens is 2. The van der Waals surface area contributed by atoms with Gasteiger partial charge in [-0.1, -0.05) is 44.0 Å². The predicted molar refractivity (Wildman–Crippen MR) is 116 cm³/mol. The van der Waals surface area contributed by atoms with Crippen LogP contribution in [0, 0.1) is 5.41 Å². The molecule has 2 aromatic rings. The molecule has 0 aromatic heterocycles. The van der Waals surface area contributed by atoms with E-state index in [4.69, 9.17) is 32.7 Å². The number of hydrogen-bond acceptors (Lipinski definition) is 4.